The molecule has 0 bridgehead atoms. The van der Waals surface area contributed by atoms with Crippen molar-refractivity contribution in [2.24, 2.45) is 0 Å². The molecule has 1 aliphatic rings. The van der Waals surface area contributed by atoms with Crippen LogP contribution in [0, 0.1) is 11.3 Å². The molecule has 1 aromatic carbocycles. The van der Waals surface area contributed by atoms with Gasteiger partial charge in [-0.2, -0.15) is 5.26 Å². The van der Waals surface area contributed by atoms with E-state index in [2.05, 4.69) is 16.3 Å². The van der Waals surface area contributed by atoms with Crippen LogP contribution >= 0.6 is 0 Å². The predicted molar refractivity (Wildman–Crippen MR) is 74.7 cm³/mol. The molecule has 2 rings (SSSR count). The van der Waals surface area contributed by atoms with E-state index in [1.165, 1.54) is 25.9 Å². The fourth-order valence-corrected chi connectivity index (χ4v) is 2.38. The van der Waals surface area contributed by atoms with E-state index in [1.54, 1.807) is 12.1 Å². The monoisotopic (exact) mass is 259 g/mol. The van der Waals surface area contributed by atoms with Gasteiger partial charge in [0.15, 0.2) is 0 Å². The Labute approximate surface area is 114 Å². The van der Waals surface area contributed by atoms with Crippen molar-refractivity contribution in [3.63, 3.8) is 0 Å². The van der Waals surface area contributed by atoms with Crippen LogP contribution in [0.4, 0.5) is 0 Å². The van der Waals surface area contributed by atoms with Crippen LogP contribution in [0.25, 0.3) is 0 Å². The van der Waals surface area contributed by atoms with Crippen LogP contribution in [0.5, 0.6) is 0 Å². The minimum absolute atomic E-state index is 0.508. The third-order valence-corrected chi connectivity index (χ3v) is 3.57. The van der Waals surface area contributed by atoms with Crippen molar-refractivity contribution in [2.75, 3.05) is 32.7 Å². The standard InChI is InChI=1S/C15H21N3O/c16-11-13-3-5-14(6-4-13)15(19)12-17-7-10-18-8-1-2-9-18/h3-6,15,17,19H,1-2,7-10,12H2. The van der Waals surface area contributed by atoms with E-state index in [0.717, 1.165) is 18.7 Å². The first-order chi connectivity index (χ1) is 9.29. The SMILES string of the molecule is N#Cc1ccc(C(O)CNCCN2CCCC2)cc1. The molecule has 1 fully saturated rings. The van der Waals surface area contributed by atoms with Crippen molar-refractivity contribution in [1.29, 1.82) is 5.26 Å². The van der Waals surface area contributed by atoms with Crippen LogP contribution in [0.2, 0.25) is 0 Å². The van der Waals surface area contributed by atoms with Crippen molar-refractivity contribution < 1.29 is 5.11 Å². The van der Waals surface area contributed by atoms with Crippen molar-refractivity contribution in [2.45, 2.75) is 18.9 Å². The van der Waals surface area contributed by atoms with Crippen LogP contribution in [-0.2, 0) is 0 Å². The Morgan fingerprint density at radius 1 is 1.26 bits per heavy atom. The number of aliphatic hydroxyl groups excluding tert-OH is 1. The molecule has 0 saturated carbocycles. The molecule has 102 valence electrons. The van der Waals surface area contributed by atoms with Gasteiger partial charge in [0.2, 0.25) is 0 Å². The van der Waals surface area contributed by atoms with Gasteiger partial charge in [-0.3, -0.25) is 0 Å². The lowest BCUT2D eigenvalue weighted by Crippen LogP contribution is -2.32. The molecule has 0 spiro atoms. The number of hydrogen-bond donors (Lipinski definition) is 2. The number of likely N-dealkylation sites (tertiary alicyclic amines) is 1. The Morgan fingerprint density at radius 3 is 2.58 bits per heavy atom. The number of nitrogens with one attached hydrogen (secondary N) is 1. The zero-order valence-electron chi connectivity index (χ0n) is 11.2. The predicted octanol–water partition coefficient (Wildman–Crippen LogP) is 1.28. The lowest BCUT2D eigenvalue weighted by molar-refractivity contribution is 0.173. The van der Waals surface area contributed by atoms with Crippen molar-refractivity contribution in [1.82, 2.24) is 10.2 Å². The number of benzene rings is 1. The lowest BCUT2D eigenvalue weighted by Gasteiger charge is -2.16. The summed E-state index contributed by atoms with van der Waals surface area (Å²) >= 11 is 0. The fourth-order valence-electron chi connectivity index (χ4n) is 2.38. The first-order valence-corrected chi connectivity index (χ1v) is 6.91. The number of nitrogens with zero attached hydrogens (tertiary/aromatic N) is 2. The molecule has 1 unspecified atom stereocenters. The van der Waals surface area contributed by atoms with Gasteiger partial charge >= 0.3 is 0 Å². The summed E-state index contributed by atoms with van der Waals surface area (Å²) in [5.41, 5.74) is 1.48. The highest BCUT2D eigenvalue weighted by molar-refractivity contribution is 5.32. The second kappa shape index (κ2) is 7.25. The van der Waals surface area contributed by atoms with Gasteiger partial charge in [0.1, 0.15) is 0 Å². The highest BCUT2D eigenvalue weighted by Crippen LogP contribution is 2.12. The van der Waals surface area contributed by atoms with E-state index in [9.17, 15) is 5.11 Å². The van der Waals surface area contributed by atoms with Crippen LogP contribution in [0.3, 0.4) is 0 Å². The van der Waals surface area contributed by atoms with E-state index in [1.807, 2.05) is 12.1 Å². The smallest absolute Gasteiger partial charge is 0.0991 e. The molecule has 0 amide bonds. The van der Waals surface area contributed by atoms with Gasteiger partial charge < -0.3 is 15.3 Å². The van der Waals surface area contributed by atoms with E-state index >= 15 is 0 Å². The molecule has 4 heteroatoms. The Bertz CT molecular complexity index is 418. The van der Waals surface area contributed by atoms with Gasteiger partial charge in [-0.25, -0.2) is 0 Å². The van der Waals surface area contributed by atoms with Gasteiger partial charge in [0.05, 0.1) is 17.7 Å². The zero-order valence-corrected chi connectivity index (χ0v) is 11.2. The highest BCUT2D eigenvalue weighted by atomic mass is 16.3. The third-order valence-electron chi connectivity index (χ3n) is 3.57. The molecule has 0 radical (unpaired) electrons. The average Bonchev–Trinajstić information content (AvgIpc) is 2.96. The average molecular weight is 259 g/mol. The van der Waals surface area contributed by atoms with Gasteiger partial charge in [-0.05, 0) is 43.6 Å². The lowest BCUT2D eigenvalue weighted by atomic mass is 10.1. The molecule has 1 aliphatic heterocycles. The largest absolute Gasteiger partial charge is 0.387 e. The summed E-state index contributed by atoms with van der Waals surface area (Å²) in [6.07, 6.45) is 2.12. The van der Waals surface area contributed by atoms with Crippen LogP contribution in [0.1, 0.15) is 30.1 Å². The Kier molecular flexibility index (Phi) is 5.34. The van der Waals surface area contributed by atoms with E-state index in [4.69, 9.17) is 5.26 Å². The molecule has 1 atom stereocenters. The Morgan fingerprint density at radius 2 is 1.95 bits per heavy atom. The maximum absolute atomic E-state index is 10.0. The second-order valence-electron chi connectivity index (χ2n) is 5.00. The zero-order chi connectivity index (χ0) is 13.5. The molecule has 1 saturated heterocycles. The first-order valence-electron chi connectivity index (χ1n) is 6.91. The number of rotatable bonds is 6. The summed E-state index contributed by atoms with van der Waals surface area (Å²) < 4.78 is 0. The molecule has 2 N–H and O–H groups in total. The Balaban J connectivity index is 1.68. The molecule has 1 aromatic rings. The number of nitriles is 1. The highest BCUT2D eigenvalue weighted by Gasteiger charge is 2.11. The van der Waals surface area contributed by atoms with Gasteiger partial charge in [0, 0.05) is 19.6 Å². The topological polar surface area (TPSA) is 59.3 Å². The molecule has 19 heavy (non-hydrogen) atoms. The minimum Gasteiger partial charge on any atom is -0.387 e. The summed E-state index contributed by atoms with van der Waals surface area (Å²) in [4.78, 5) is 2.45. The Hall–Kier alpha value is -1.41. The first kappa shape index (κ1) is 14.0. The van der Waals surface area contributed by atoms with Gasteiger partial charge in [-0.15, -0.1) is 0 Å². The number of aliphatic hydroxyl groups is 1. The maximum atomic E-state index is 10.0. The molecular weight excluding hydrogens is 238 g/mol. The maximum Gasteiger partial charge on any atom is 0.0991 e. The van der Waals surface area contributed by atoms with Gasteiger partial charge in [-0.1, -0.05) is 12.1 Å². The summed E-state index contributed by atoms with van der Waals surface area (Å²) in [7, 11) is 0. The van der Waals surface area contributed by atoms with Gasteiger partial charge in [0.25, 0.3) is 0 Å². The second-order valence-corrected chi connectivity index (χ2v) is 5.00. The van der Waals surface area contributed by atoms with E-state index in [0.29, 0.717) is 12.1 Å². The third kappa shape index (κ3) is 4.32. The number of hydrogen-bond acceptors (Lipinski definition) is 4. The normalized spacial score (nSPS) is 17.3. The van der Waals surface area contributed by atoms with Crippen molar-refractivity contribution in [3.05, 3.63) is 35.4 Å². The van der Waals surface area contributed by atoms with Crippen LogP contribution in [-0.4, -0.2) is 42.7 Å². The van der Waals surface area contributed by atoms with E-state index < -0.39 is 6.10 Å². The summed E-state index contributed by atoms with van der Waals surface area (Å²) in [6, 6.07) is 9.17. The molecule has 1 heterocycles. The van der Waals surface area contributed by atoms with Crippen LogP contribution in [0.15, 0.2) is 24.3 Å². The van der Waals surface area contributed by atoms with Crippen LogP contribution < -0.4 is 5.32 Å². The molecule has 0 aliphatic carbocycles. The minimum atomic E-state index is -0.508. The molecule has 4 nitrogen and oxygen atoms in total. The van der Waals surface area contributed by atoms with Crippen molar-refractivity contribution in [3.8, 4) is 6.07 Å². The molecular formula is C15H21N3O. The summed E-state index contributed by atoms with van der Waals surface area (Å²) in [5, 5.41) is 22.0. The summed E-state index contributed by atoms with van der Waals surface area (Å²) in [5.74, 6) is 0. The van der Waals surface area contributed by atoms with Crippen molar-refractivity contribution >= 4 is 0 Å². The molecule has 0 aromatic heterocycles. The quantitative estimate of drug-likeness (QED) is 0.756. The fraction of sp³-hybridized carbons (Fsp3) is 0.533. The van der Waals surface area contributed by atoms with E-state index in [-0.39, 0.29) is 0 Å². The summed E-state index contributed by atoms with van der Waals surface area (Å²) in [6.45, 7) is 4.94.